The standard InChI is InChI=1S/C69H40N4O3/c1-4-15-41(16-5-1)48-22-12-26-60-64(48)51-33-29-46(40-63(51)76-60)68-70-67(42-17-6-2-7-18-42)71-69(72-68)52-24-14-28-62-66(52)55-39-45(32-36-59(55)75-62)49-23-13-27-61-65(49)54-38-44(31-35-58(54)74-61)43-30-34-57-53(37-43)50-21-10-11-25-56(50)73(57)47-19-8-3-9-20-47/h1-40H. The summed E-state index contributed by atoms with van der Waals surface area (Å²) in [5, 5.41) is 8.53. The van der Waals surface area contributed by atoms with Gasteiger partial charge in [-0.1, -0.05) is 158 Å². The van der Waals surface area contributed by atoms with E-state index in [0.29, 0.717) is 17.5 Å². The lowest BCUT2D eigenvalue weighted by molar-refractivity contribution is 0.668. The van der Waals surface area contributed by atoms with E-state index in [1.54, 1.807) is 0 Å². The molecule has 76 heavy (non-hydrogen) atoms. The lowest BCUT2D eigenvalue weighted by Gasteiger charge is -2.10. The lowest BCUT2D eigenvalue weighted by atomic mass is 9.95. The maximum Gasteiger partial charge on any atom is 0.164 e. The van der Waals surface area contributed by atoms with Crippen molar-refractivity contribution >= 4 is 87.6 Å². The van der Waals surface area contributed by atoms with Gasteiger partial charge in [-0.15, -0.1) is 0 Å². The largest absolute Gasteiger partial charge is 0.456 e. The van der Waals surface area contributed by atoms with E-state index in [1.165, 1.54) is 21.8 Å². The van der Waals surface area contributed by atoms with Crippen LogP contribution in [0.2, 0.25) is 0 Å². The van der Waals surface area contributed by atoms with Crippen molar-refractivity contribution in [3.63, 3.8) is 0 Å². The van der Waals surface area contributed by atoms with Gasteiger partial charge >= 0.3 is 0 Å². The zero-order valence-corrected chi connectivity index (χ0v) is 40.6. The molecule has 7 nitrogen and oxygen atoms in total. The number of nitrogens with zero attached hydrogens (tertiary/aromatic N) is 4. The minimum atomic E-state index is 0.539. The minimum absolute atomic E-state index is 0.539. The summed E-state index contributed by atoms with van der Waals surface area (Å²) in [5.74, 6) is 1.65. The van der Waals surface area contributed by atoms with Crippen molar-refractivity contribution in [3.05, 3.63) is 243 Å². The Kier molecular flexibility index (Phi) is 9.20. The predicted molar refractivity (Wildman–Crippen MR) is 309 cm³/mol. The first-order valence-corrected chi connectivity index (χ1v) is 25.5. The molecule has 0 fully saturated rings. The quantitative estimate of drug-likeness (QED) is 0.158. The molecule has 11 aromatic carbocycles. The molecule has 7 heteroatoms. The van der Waals surface area contributed by atoms with Crippen LogP contribution in [-0.4, -0.2) is 19.5 Å². The molecule has 0 aliphatic rings. The Labute approximate surface area is 434 Å². The van der Waals surface area contributed by atoms with Gasteiger partial charge in [-0.3, -0.25) is 0 Å². The van der Waals surface area contributed by atoms with Crippen LogP contribution in [0.25, 0.3) is 161 Å². The van der Waals surface area contributed by atoms with Gasteiger partial charge in [0.2, 0.25) is 0 Å². The Balaban J connectivity index is 0.830. The Morgan fingerprint density at radius 3 is 1.45 bits per heavy atom. The van der Waals surface area contributed by atoms with Crippen molar-refractivity contribution in [2.75, 3.05) is 0 Å². The second kappa shape index (κ2) is 16.6. The third-order valence-corrected chi connectivity index (χ3v) is 15.1. The van der Waals surface area contributed by atoms with Gasteiger partial charge in [0.25, 0.3) is 0 Å². The predicted octanol–water partition coefficient (Wildman–Crippen LogP) is 18.7. The van der Waals surface area contributed by atoms with Crippen molar-refractivity contribution in [1.29, 1.82) is 0 Å². The molecule has 5 aromatic heterocycles. The normalized spacial score (nSPS) is 11.9. The molecule has 0 atom stereocenters. The van der Waals surface area contributed by atoms with Gasteiger partial charge in [-0.2, -0.15) is 0 Å². The van der Waals surface area contributed by atoms with Gasteiger partial charge in [0.15, 0.2) is 17.5 Å². The third-order valence-electron chi connectivity index (χ3n) is 15.1. The highest BCUT2D eigenvalue weighted by atomic mass is 16.3. The number of aromatic nitrogens is 4. The van der Waals surface area contributed by atoms with Crippen molar-refractivity contribution in [1.82, 2.24) is 19.5 Å². The average molecular weight is 973 g/mol. The van der Waals surface area contributed by atoms with Gasteiger partial charge in [-0.25, -0.2) is 15.0 Å². The van der Waals surface area contributed by atoms with E-state index < -0.39 is 0 Å². The van der Waals surface area contributed by atoms with Crippen LogP contribution in [-0.2, 0) is 0 Å². The third kappa shape index (κ3) is 6.59. The number of benzene rings is 11. The summed E-state index contributed by atoms with van der Waals surface area (Å²) in [6, 6.07) is 84.5. The number of hydrogen-bond donors (Lipinski definition) is 0. The highest BCUT2D eigenvalue weighted by Crippen LogP contribution is 2.44. The average Bonchev–Trinajstić information content (AvgIpc) is 4.30. The molecule has 0 saturated heterocycles. The number of hydrogen-bond acceptors (Lipinski definition) is 6. The molecule has 0 unspecified atom stereocenters. The van der Waals surface area contributed by atoms with Crippen molar-refractivity contribution in [2.24, 2.45) is 0 Å². The summed E-state index contributed by atoms with van der Waals surface area (Å²) in [5.41, 5.74) is 17.4. The van der Waals surface area contributed by atoms with Gasteiger partial charge in [0.05, 0.1) is 11.0 Å². The Hall–Kier alpha value is -10.4. The number of para-hydroxylation sites is 2. The summed E-state index contributed by atoms with van der Waals surface area (Å²) in [7, 11) is 0. The molecule has 0 radical (unpaired) electrons. The van der Waals surface area contributed by atoms with Crippen molar-refractivity contribution in [3.8, 4) is 73.2 Å². The molecule has 0 aliphatic carbocycles. The van der Waals surface area contributed by atoms with E-state index in [4.69, 9.17) is 28.2 Å². The lowest BCUT2D eigenvalue weighted by Crippen LogP contribution is -2.00. The zero-order valence-electron chi connectivity index (χ0n) is 40.6. The van der Waals surface area contributed by atoms with E-state index in [-0.39, 0.29) is 0 Å². The molecule has 5 heterocycles. The molecule has 0 saturated carbocycles. The van der Waals surface area contributed by atoms with Crippen molar-refractivity contribution in [2.45, 2.75) is 0 Å². The Morgan fingerprint density at radius 1 is 0.250 bits per heavy atom. The van der Waals surface area contributed by atoms with E-state index >= 15 is 0 Å². The molecule has 0 spiro atoms. The van der Waals surface area contributed by atoms with Crippen LogP contribution in [0, 0.1) is 0 Å². The fourth-order valence-electron chi connectivity index (χ4n) is 11.6. The summed E-state index contributed by atoms with van der Waals surface area (Å²) in [4.78, 5) is 15.6. The van der Waals surface area contributed by atoms with Crippen LogP contribution in [0.15, 0.2) is 256 Å². The summed E-state index contributed by atoms with van der Waals surface area (Å²) in [6.07, 6.45) is 0. The first kappa shape index (κ1) is 42.2. The fourth-order valence-corrected chi connectivity index (χ4v) is 11.6. The molecule has 16 rings (SSSR count). The molecule has 0 N–H and O–H groups in total. The zero-order chi connectivity index (χ0) is 49.8. The maximum atomic E-state index is 6.64. The maximum absolute atomic E-state index is 6.64. The second-order valence-corrected chi connectivity index (χ2v) is 19.4. The Bertz CT molecular complexity index is 4990. The molecule has 0 aliphatic heterocycles. The number of furan rings is 3. The van der Waals surface area contributed by atoms with E-state index in [0.717, 1.165) is 122 Å². The van der Waals surface area contributed by atoms with Crippen LogP contribution in [0.4, 0.5) is 0 Å². The van der Waals surface area contributed by atoms with Crippen LogP contribution in [0.5, 0.6) is 0 Å². The van der Waals surface area contributed by atoms with Gasteiger partial charge < -0.3 is 17.8 Å². The number of fused-ring (bicyclic) bond motifs is 12. The monoisotopic (exact) mass is 972 g/mol. The van der Waals surface area contributed by atoms with E-state index in [1.807, 2.05) is 66.7 Å². The van der Waals surface area contributed by atoms with Gasteiger partial charge in [0, 0.05) is 65.5 Å². The first-order valence-electron chi connectivity index (χ1n) is 25.5. The topological polar surface area (TPSA) is 83.0 Å². The molecule has 16 aromatic rings. The highest BCUT2D eigenvalue weighted by Gasteiger charge is 2.22. The van der Waals surface area contributed by atoms with Crippen LogP contribution >= 0.6 is 0 Å². The molecule has 0 amide bonds. The van der Waals surface area contributed by atoms with Gasteiger partial charge in [0.1, 0.15) is 33.5 Å². The van der Waals surface area contributed by atoms with E-state index in [2.05, 4.69) is 180 Å². The Morgan fingerprint density at radius 2 is 0.737 bits per heavy atom. The molecular weight excluding hydrogens is 933 g/mol. The van der Waals surface area contributed by atoms with Crippen LogP contribution in [0.3, 0.4) is 0 Å². The highest BCUT2D eigenvalue weighted by molar-refractivity contribution is 6.18. The van der Waals surface area contributed by atoms with Crippen LogP contribution in [0.1, 0.15) is 0 Å². The molecule has 354 valence electrons. The molecular formula is C69H40N4O3. The van der Waals surface area contributed by atoms with Crippen molar-refractivity contribution < 1.29 is 13.3 Å². The van der Waals surface area contributed by atoms with Gasteiger partial charge in [-0.05, 0) is 118 Å². The number of rotatable bonds is 7. The first-order chi connectivity index (χ1) is 37.6. The minimum Gasteiger partial charge on any atom is -0.456 e. The second-order valence-electron chi connectivity index (χ2n) is 19.4. The summed E-state index contributed by atoms with van der Waals surface area (Å²) in [6.45, 7) is 0. The smallest absolute Gasteiger partial charge is 0.164 e. The summed E-state index contributed by atoms with van der Waals surface area (Å²) < 4.78 is 22.2. The van der Waals surface area contributed by atoms with Crippen LogP contribution < -0.4 is 0 Å². The molecule has 0 bridgehead atoms. The SMILES string of the molecule is c1ccc(-c2nc(-c3ccc4c(c3)oc3cccc(-c5ccccc5)c34)nc(-c3cccc4oc5ccc(-c6cccc7oc8ccc(-c9ccc%10c(c9)c9ccccc9n%10-c9ccccc9)cc8c67)cc5c34)n2)cc1. The fraction of sp³-hybridized carbons (Fsp3) is 0. The summed E-state index contributed by atoms with van der Waals surface area (Å²) >= 11 is 0. The van der Waals surface area contributed by atoms with E-state index in [9.17, 15) is 0 Å².